The molecule has 1 aromatic rings. The van der Waals surface area contributed by atoms with Crippen LogP contribution in [0.5, 0.6) is 5.75 Å². The average Bonchev–Trinajstić information content (AvgIpc) is 2.27. The molecule has 2 nitrogen and oxygen atoms in total. The van der Waals surface area contributed by atoms with Gasteiger partial charge in [0, 0.05) is 5.41 Å². The number of hydrogen-bond donors (Lipinski definition) is 1. The van der Waals surface area contributed by atoms with Crippen LogP contribution in [0.15, 0.2) is 18.2 Å². The van der Waals surface area contributed by atoms with Crippen molar-refractivity contribution in [1.82, 2.24) is 0 Å². The Kier molecular flexibility index (Phi) is 2.75. The van der Waals surface area contributed by atoms with Gasteiger partial charge in [0.25, 0.3) is 0 Å². The predicted octanol–water partition coefficient (Wildman–Crippen LogP) is 3.04. The van der Waals surface area contributed by atoms with Crippen molar-refractivity contribution >= 4 is 6.29 Å². The third-order valence-corrected chi connectivity index (χ3v) is 3.64. The predicted molar refractivity (Wildman–Crippen MR) is 63.6 cm³/mol. The Morgan fingerprint density at radius 3 is 2.88 bits per heavy atom. The molecule has 86 valence electrons. The molecular formula is C14H18O2. The lowest BCUT2D eigenvalue weighted by molar-refractivity contribution is -0.115. The molecule has 0 aromatic heterocycles. The van der Waals surface area contributed by atoms with Gasteiger partial charge in [0.15, 0.2) is 0 Å². The molecule has 0 heterocycles. The van der Waals surface area contributed by atoms with Crippen LogP contribution in [0.25, 0.3) is 0 Å². The molecule has 1 aliphatic carbocycles. The molecule has 0 radical (unpaired) electrons. The Hall–Kier alpha value is -1.31. The maximum absolute atomic E-state index is 11.2. The zero-order valence-electron chi connectivity index (χ0n) is 9.86. The van der Waals surface area contributed by atoms with Crippen molar-refractivity contribution in [1.29, 1.82) is 0 Å². The van der Waals surface area contributed by atoms with Crippen LogP contribution < -0.4 is 0 Å². The summed E-state index contributed by atoms with van der Waals surface area (Å²) in [5.74, 6) is 0.609. The summed E-state index contributed by atoms with van der Waals surface area (Å²) in [5, 5.41) is 9.46. The van der Waals surface area contributed by atoms with E-state index in [9.17, 15) is 9.90 Å². The van der Waals surface area contributed by atoms with Crippen molar-refractivity contribution in [2.75, 3.05) is 0 Å². The molecule has 1 aromatic carbocycles. The van der Waals surface area contributed by atoms with E-state index in [2.05, 4.69) is 0 Å². The second-order valence-electron chi connectivity index (χ2n) is 5.27. The van der Waals surface area contributed by atoms with E-state index in [0.717, 1.165) is 25.5 Å². The molecule has 0 saturated carbocycles. The number of carbonyl (C=O) groups is 1. The molecule has 0 fully saturated rings. The van der Waals surface area contributed by atoms with Crippen molar-refractivity contribution in [3.63, 3.8) is 0 Å². The molecule has 16 heavy (non-hydrogen) atoms. The first-order valence-electron chi connectivity index (χ1n) is 5.83. The molecule has 0 spiro atoms. The fourth-order valence-corrected chi connectivity index (χ4v) is 2.66. The van der Waals surface area contributed by atoms with E-state index in [1.807, 2.05) is 26.0 Å². The van der Waals surface area contributed by atoms with Crippen LogP contribution in [0.1, 0.15) is 43.7 Å². The number of rotatable bonds is 2. The van der Waals surface area contributed by atoms with Crippen molar-refractivity contribution < 1.29 is 9.90 Å². The van der Waals surface area contributed by atoms with Gasteiger partial charge in [-0.1, -0.05) is 19.9 Å². The Morgan fingerprint density at radius 2 is 2.19 bits per heavy atom. The highest BCUT2D eigenvalue weighted by molar-refractivity contribution is 5.61. The van der Waals surface area contributed by atoms with Crippen molar-refractivity contribution in [3.8, 4) is 5.75 Å². The monoisotopic (exact) mass is 218 g/mol. The Bertz CT molecular complexity index is 407. The first-order chi connectivity index (χ1) is 7.54. The molecule has 0 amide bonds. The van der Waals surface area contributed by atoms with Crippen LogP contribution in [0.3, 0.4) is 0 Å². The number of aryl methyl sites for hydroxylation is 1. The maximum atomic E-state index is 11.2. The summed E-state index contributed by atoms with van der Waals surface area (Å²) in [7, 11) is 0. The van der Waals surface area contributed by atoms with Gasteiger partial charge in [-0.3, -0.25) is 0 Å². The van der Waals surface area contributed by atoms with Crippen LogP contribution in [0.2, 0.25) is 0 Å². The number of fused-ring (bicyclic) bond motifs is 1. The van der Waals surface area contributed by atoms with E-state index in [1.165, 1.54) is 11.1 Å². The van der Waals surface area contributed by atoms with Crippen LogP contribution in [0, 0.1) is 5.41 Å². The Labute approximate surface area is 96.3 Å². The van der Waals surface area contributed by atoms with Crippen molar-refractivity contribution in [2.24, 2.45) is 5.41 Å². The number of aldehydes is 1. The topological polar surface area (TPSA) is 37.3 Å². The number of carbonyl (C=O) groups excluding carboxylic acids is 1. The zero-order chi connectivity index (χ0) is 11.8. The smallest absolute Gasteiger partial charge is 0.126 e. The van der Waals surface area contributed by atoms with E-state index in [1.54, 1.807) is 6.07 Å². The van der Waals surface area contributed by atoms with Gasteiger partial charge in [-0.15, -0.1) is 0 Å². The molecule has 1 unspecified atom stereocenters. The van der Waals surface area contributed by atoms with E-state index in [-0.39, 0.29) is 11.3 Å². The average molecular weight is 218 g/mol. The highest BCUT2D eigenvalue weighted by Gasteiger charge is 2.33. The summed E-state index contributed by atoms with van der Waals surface area (Å²) in [6.07, 6.45) is 4.22. The molecule has 2 rings (SSSR count). The van der Waals surface area contributed by atoms with Crippen LogP contribution in [0.4, 0.5) is 0 Å². The van der Waals surface area contributed by atoms with Crippen molar-refractivity contribution in [2.45, 2.75) is 39.0 Å². The summed E-state index contributed by atoms with van der Waals surface area (Å²) < 4.78 is 0. The van der Waals surface area contributed by atoms with Crippen molar-refractivity contribution in [3.05, 3.63) is 29.3 Å². The second-order valence-corrected chi connectivity index (χ2v) is 5.27. The number of aromatic hydroxyl groups is 1. The van der Waals surface area contributed by atoms with Gasteiger partial charge in [0.05, 0.1) is 0 Å². The molecule has 1 atom stereocenters. The minimum Gasteiger partial charge on any atom is -0.508 e. The zero-order valence-corrected chi connectivity index (χ0v) is 9.86. The summed E-state index contributed by atoms with van der Waals surface area (Å²) in [6.45, 7) is 3.99. The van der Waals surface area contributed by atoms with Crippen LogP contribution >= 0.6 is 0 Å². The highest BCUT2D eigenvalue weighted by atomic mass is 16.3. The van der Waals surface area contributed by atoms with Gasteiger partial charge in [0.2, 0.25) is 0 Å². The number of phenolic OH excluding ortho intramolecular Hbond substituents is 1. The lowest BCUT2D eigenvalue weighted by Crippen LogP contribution is -2.27. The lowest BCUT2D eigenvalue weighted by Gasteiger charge is -2.34. The summed E-state index contributed by atoms with van der Waals surface area (Å²) in [4.78, 5) is 11.2. The van der Waals surface area contributed by atoms with Gasteiger partial charge < -0.3 is 9.90 Å². The minimum atomic E-state index is -0.313. The fraction of sp³-hybridized carbons (Fsp3) is 0.500. The first kappa shape index (κ1) is 11.2. The largest absolute Gasteiger partial charge is 0.508 e. The summed E-state index contributed by atoms with van der Waals surface area (Å²) >= 11 is 0. The maximum Gasteiger partial charge on any atom is 0.126 e. The number of benzene rings is 1. The van der Waals surface area contributed by atoms with E-state index in [4.69, 9.17) is 0 Å². The summed E-state index contributed by atoms with van der Waals surface area (Å²) in [6, 6.07) is 5.53. The van der Waals surface area contributed by atoms with Gasteiger partial charge in [-0.2, -0.15) is 0 Å². The first-order valence-corrected chi connectivity index (χ1v) is 5.83. The molecule has 0 bridgehead atoms. The van der Waals surface area contributed by atoms with Crippen LogP contribution in [-0.4, -0.2) is 11.4 Å². The molecule has 0 saturated heterocycles. The third-order valence-electron chi connectivity index (χ3n) is 3.64. The molecule has 2 heteroatoms. The third kappa shape index (κ3) is 1.84. The molecule has 1 aliphatic rings. The normalized spacial score (nSPS) is 20.2. The highest BCUT2D eigenvalue weighted by Crippen LogP contribution is 2.43. The second kappa shape index (κ2) is 3.93. The Balaban J connectivity index is 2.44. The lowest BCUT2D eigenvalue weighted by atomic mass is 9.69. The molecular weight excluding hydrogens is 200 g/mol. The van der Waals surface area contributed by atoms with Gasteiger partial charge >= 0.3 is 0 Å². The fourth-order valence-electron chi connectivity index (χ4n) is 2.66. The standard InChI is InChI=1S/C14H18O2/c1-14(2,9-15)13-5-3-4-10-8-11(16)6-7-12(10)13/h6-9,13,16H,3-5H2,1-2H3. The van der Waals surface area contributed by atoms with E-state index < -0.39 is 0 Å². The SMILES string of the molecule is CC(C)(C=O)C1CCCc2cc(O)ccc21. The van der Waals surface area contributed by atoms with Gasteiger partial charge in [-0.25, -0.2) is 0 Å². The van der Waals surface area contributed by atoms with Gasteiger partial charge in [0.1, 0.15) is 12.0 Å². The van der Waals surface area contributed by atoms with Crippen LogP contribution in [-0.2, 0) is 11.2 Å². The molecule has 0 aliphatic heterocycles. The Morgan fingerprint density at radius 1 is 1.44 bits per heavy atom. The number of phenols is 1. The minimum absolute atomic E-state index is 0.286. The van der Waals surface area contributed by atoms with E-state index in [0.29, 0.717) is 5.75 Å². The number of hydrogen-bond acceptors (Lipinski definition) is 2. The van der Waals surface area contributed by atoms with Gasteiger partial charge in [-0.05, 0) is 48.4 Å². The molecule has 1 N–H and O–H groups in total. The quantitative estimate of drug-likeness (QED) is 0.775. The van der Waals surface area contributed by atoms with E-state index >= 15 is 0 Å². The summed E-state index contributed by atoms with van der Waals surface area (Å²) in [5.41, 5.74) is 2.12.